The summed E-state index contributed by atoms with van der Waals surface area (Å²) < 4.78 is 6.33. The summed E-state index contributed by atoms with van der Waals surface area (Å²) in [5, 5.41) is 5.21. The largest absolute Gasteiger partial charge is 0.453 e. The number of rotatable bonds is 5. The SMILES string of the molecule is COC(=O)N[C@@H](C)C(=O)NCc1ccccc1-n1ccnc1. The van der Waals surface area contributed by atoms with Gasteiger partial charge in [0.05, 0.1) is 19.1 Å². The maximum atomic E-state index is 12.0. The maximum Gasteiger partial charge on any atom is 0.407 e. The molecular formula is C15H18N4O3. The predicted octanol–water partition coefficient (Wildman–Crippen LogP) is 1.23. The first-order valence-corrected chi connectivity index (χ1v) is 6.80. The van der Waals surface area contributed by atoms with Crippen LogP contribution in [0.5, 0.6) is 0 Å². The zero-order valence-electron chi connectivity index (χ0n) is 12.4. The molecule has 116 valence electrons. The van der Waals surface area contributed by atoms with Crippen molar-refractivity contribution >= 4 is 12.0 Å². The van der Waals surface area contributed by atoms with Crippen molar-refractivity contribution in [2.45, 2.75) is 19.5 Å². The number of para-hydroxylation sites is 1. The number of carbonyl (C=O) groups is 2. The van der Waals surface area contributed by atoms with Gasteiger partial charge in [-0.25, -0.2) is 9.78 Å². The normalized spacial score (nSPS) is 11.5. The number of carbonyl (C=O) groups excluding carboxylic acids is 2. The second-order valence-electron chi connectivity index (χ2n) is 4.67. The topological polar surface area (TPSA) is 85.2 Å². The minimum Gasteiger partial charge on any atom is -0.453 e. The van der Waals surface area contributed by atoms with Crippen LogP contribution in [0, 0.1) is 0 Å². The lowest BCUT2D eigenvalue weighted by Crippen LogP contribution is -2.44. The molecule has 0 bridgehead atoms. The fraction of sp³-hybridized carbons (Fsp3) is 0.267. The fourth-order valence-electron chi connectivity index (χ4n) is 1.95. The van der Waals surface area contributed by atoms with Crippen LogP contribution in [-0.2, 0) is 16.1 Å². The Labute approximate surface area is 128 Å². The minimum absolute atomic E-state index is 0.286. The molecule has 0 aliphatic heterocycles. The van der Waals surface area contributed by atoms with E-state index in [2.05, 4.69) is 20.4 Å². The zero-order valence-corrected chi connectivity index (χ0v) is 12.4. The third kappa shape index (κ3) is 3.85. The van der Waals surface area contributed by atoms with Gasteiger partial charge in [-0.1, -0.05) is 18.2 Å². The molecule has 2 aromatic rings. The molecule has 2 rings (SSSR count). The molecule has 7 heteroatoms. The Kier molecular flexibility index (Phi) is 5.13. The molecule has 2 N–H and O–H groups in total. The van der Waals surface area contributed by atoms with E-state index in [0.717, 1.165) is 11.3 Å². The molecule has 0 fully saturated rings. The number of methoxy groups -OCH3 is 1. The number of ether oxygens (including phenoxy) is 1. The standard InChI is InChI=1S/C15H18N4O3/c1-11(18-15(21)22-2)14(20)17-9-12-5-3-4-6-13(12)19-8-7-16-10-19/h3-8,10-11H,9H2,1-2H3,(H,17,20)(H,18,21)/t11-/m0/s1. The van der Waals surface area contributed by atoms with Crippen LogP contribution in [0.3, 0.4) is 0 Å². The molecule has 0 saturated heterocycles. The van der Waals surface area contributed by atoms with Crippen molar-refractivity contribution in [3.63, 3.8) is 0 Å². The third-order valence-electron chi connectivity index (χ3n) is 3.14. The molecule has 0 saturated carbocycles. The van der Waals surface area contributed by atoms with Crippen LogP contribution in [-0.4, -0.2) is 34.7 Å². The minimum atomic E-state index is -0.673. The van der Waals surface area contributed by atoms with E-state index in [-0.39, 0.29) is 5.91 Å². The van der Waals surface area contributed by atoms with Crippen molar-refractivity contribution in [3.8, 4) is 5.69 Å². The molecule has 2 amide bonds. The highest BCUT2D eigenvalue weighted by atomic mass is 16.5. The Hall–Kier alpha value is -2.83. The molecule has 1 heterocycles. The zero-order chi connectivity index (χ0) is 15.9. The number of amides is 2. The van der Waals surface area contributed by atoms with Gasteiger partial charge in [-0.3, -0.25) is 4.79 Å². The Bertz CT molecular complexity index is 640. The molecule has 0 aliphatic carbocycles. The van der Waals surface area contributed by atoms with Crippen LogP contribution in [0.2, 0.25) is 0 Å². The summed E-state index contributed by atoms with van der Waals surface area (Å²) in [5.41, 5.74) is 1.88. The predicted molar refractivity (Wildman–Crippen MR) is 80.4 cm³/mol. The van der Waals surface area contributed by atoms with E-state index in [1.54, 1.807) is 19.4 Å². The maximum absolute atomic E-state index is 12.0. The highest BCUT2D eigenvalue weighted by molar-refractivity contribution is 5.85. The van der Waals surface area contributed by atoms with Crippen LogP contribution < -0.4 is 10.6 Å². The Morgan fingerprint density at radius 3 is 2.82 bits per heavy atom. The van der Waals surface area contributed by atoms with Gasteiger partial charge in [0.1, 0.15) is 6.04 Å². The smallest absolute Gasteiger partial charge is 0.407 e. The fourth-order valence-corrected chi connectivity index (χ4v) is 1.95. The van der Waals surface area contributed by atoms with Crippen LogP contribution in [0.4, 0.5) is 4.79 Å². The summed E-state index contributed by atoms with van der Waals surface area (Å²) >= 11 is 0. The third-order valence-corrected chi connectivity index (χ3v) is 3.14. The summed E-state index contributed by atoms with van der Waals surface area (Å²) in [6.07, 6.45) is 4.59. The van der Waals surface area contributed by atoms with E-state index in [4.69, 9.17) is 0 Å². The molecule has 7 nitrogen and oxygen atoms in total. The highest BCUT2D eigenvalue weighted by Crippen LogP contribution is 2.13. The first-order valence-electron chi connectivity index (χ1n) is 6.80. The van der Waals surface area contributed by atoms with Gasteiger partial charge in [0.25, 0.3) is 0 Å². The highest BCUT2D eigenvalue weighted by Gasteiger charge is 2.15. The van der Waals surface area contributed by atoms with Crippen LogP contribution >= 0.6 is 0 Å². The number of nitrogens with one attached hydrogen (secondary N) is 2. The molecule has 22 heavy (non-hydrogen) atoms. The molecule has 1 atom stereocenters. The van der Waals surface area contributed by atoms with Gasteiger partial charge >= 0.3 is 6.09 Å². The van der Waals surface area contributed by atoms with Crippen LogP contribution in [0.25, 0.3) is 5.69 Å². The molecule has 0 radical (unpaired) electrons. The van der Waals surface area contributed by atoms with Gasteiger partial charge in [-0.05, 0) is 18.6 Å². The van der Waals surface area contributed by atoms with Crippen LogP contribution in [0.1, 0.15) is 12.5 Å². The first-order chi connectivity index (χ1) is 10.6. The van der Waals surface area contributed by atoms with Gasteiger partial charge in [-0.2, -0.15) is 0 Å². The van der Waals surface area contributed by atoms with E-state index in [1.807, 2.05) is 35.0 Å². The lowest BCUT2D eigenvalue weighted by molar-refractivity contribution is -0.122. The van der Waals surface area contributed by atoms with Crippen molar-refractivity contribution in [2.24, 2.45) is 0 Å². The summed E-state index contributed by atoms with van der Waals surface area (Å²) in [4.78, 5) is 27.1. The molecular weight excluding hydrogens is 284 g/mol. The van der Waals surface area contributed by atoms with Crippen molar-refractivity contribution in [2.75, 3.05) is 7.11 Å². The molecule has 1 aromatic carbocycles. The molecule has 0 unspecified atom stereocenters. The van der Waals surface area contributed by atoms with Gasteiger partial charge in [-0.15, -0.1) is 0 Å². The second kappa shape index (κ2) is 7.26. The lowest BCUT2D eigenvalue weighted by Gasteiger charge is -2.15. The summed E-state index contributed by atoms with van der Waals surface area (Å²) in [7, 11) is 1.25. The number of imidazole rings is 1. The molecule has 1 aromatic heterocycles. The second-order valence-corrected chi connectivity index (χ2v) is 4.67. The lowest BCUT2D eigenvalue weighted by atomic mass is 10.1. The quantitative estimate of drug-likeness (QED) is 0.870. The Morgan fingerprint density at radius 1 is 1.36 bits per heavy atom. The van der Waals surface area contributed by atoms with E-state index in [9.17, 15) is 9.59 Å². The molecule has 0 aliphatic rings. The Balaban J connectivity index is 2.00. The van der Waals surface area contributed by atoms with E-state index < -0.39 is 12.1 Å². The summed E-state index contributed by atoms with van der Waals surface area (Å²) in [5.74, 6) is -0.286. The van der Waals surface area contributed by atoms with E-state index in [0.29, 0.717) is 6.54 Å². The summed E-state index contributed by atoms with van der Waals surface area (Å²) in [6.45, 7) is 1.94. The van der Waals surface area contributed by atoms with Crippen molar-refractivity contribution in [3.05, 3.63) is 48.5 Å². The van der Waals surface area contributed by atoms with Gasteiger partial charge < -0.3 is 19.9 Å². The van der Waals surface area contributed by atoms with Crippen molar-refractivity contribution < 1.29 is 14.3 Å². The number of hydrogen-bond acceptors (Lipinski definition) is 4. The number of benzene rings is 1. The first kappa shape index (κ1) is 15.6. The number of nitrogens with zero attached hydrogens (tertiary/aromatic N) is 2. The average Bonchev–Trinajstić information content (AvgIpc) is 3.06. The van der Waals surface area contributed by atoms with E-state index in [1.165, 1.54) is 7.11 Å². The number of alkyl carbamates (subject to hydrolysis) is 1. The monoisotopic (exact) mass is 302 g/mol. The van der Waals surface area contributed by atoms with Crippen molar-refractivity contribution in [1.29, 1.82) is 0 Å². The van der Waals surface area contributed by atoms with Gasteiger partial charge in [0.2, 0.25) is 5.91 Å². The van der Waals surface area contributed by atoms with Gasteiger partial charge in [0, 0.05) is 18.9 Å². The van der Waals surface area contributed by atoms with Gasteiger partial charge in [0.15, 0.2) is 0 Å². The van der Waals surface area contributed by atoms with Crippen LogP contribution in [0.15, 0.2) is 43.0 Å². The van der Waals surface area contributed by atoms with E-state index >= 15 is 0 Å². The number of hydrogen-bond donors (Lipinski definition) is 2. The Morgan fingerprint density at radius 2 is 2.14 bits per heavy atom. The molecule has 0 spiro atoms. The summed E-state index contributed by atoms with van der Waals surface area (Å²) in [6, 6.07) is 7.01. The average molecular weight is 302 g/mol. The van der Waals surface area contributed by atoms with Crippen molar-refractivity contribution in [1.82, 2.24) is 20.2 Å². The number of aromatic nitrogens is 2.